The van der Waals surface area contributed by atoms with Gasteiger partial charge >= 0.3 is 0 Å². The van der Waals surface area contributed by atoms with Crippen molar-refractivity contribution in [1.82, 2.24) is 24.6 Å². The second-order valence-corrected chi connectivity index (χ2v) is 7.84. The zero-order valence-electron chi connectivity index (χ0n) is 17.8. The molecule has 0 aliphatic carbocycles. The SMILES string of the molecule is Cc1c(CN2CCOC(c3nc(N(C)C)ncc3-c3ccc(F)cc3)C2)cnn1C. The fraction of sp³-hybridized carbons (Fsp3) is 0.409. The maximum atomic E-state index is 13.4. The van der Waals surface area contributed by atoms with Gasteiger partial charge in [-0.3, -0.25) is 9.58 Å². The molecule has 3 heterocycles. The van der Waals surface area contributed by atoms with E-state index in [1.807, 2.05) is 36.9 Å². The Hall–Kier alpha value is -2.84. The quantitative estimate of drug-likeness (QED) is 0.645. The Morgan fingerprint density at radius 2 is 1.97 bits per heavy atom. The topological polar surface area (TPSA) is 59.3 Å². The largest absolute Gasteiger partial charge is 0.369 e. The standard InChI is InChI=1S/C22H27FN6O/c1-15-17(11-25-28(15)4)13-29-9-10-30-20(14-29)21-19(12-24-22(26-21)27(2)3)16-5-7-18(23)8-6-16/h5-8,11-12,20H,9-10,13-14H2,1-4H3. The molecule has 30 heavy (non-hydrogen) atoms. The van der Waals surface area contributed by atoms with Crippen molar-refractivity contribution in [3.05, 3.63) is 59.4 Å². The number of nitrogens with zero attached hydrogens (tertiary/aromatic N) is 6. The summed E-state index contributed by atoms with van der Waals surface area (Å²) in [5.74, 6) is 0.359. The normalized spacial score (nSPS) is 17.3. The van der Waals surface area contributed by atoms with Crippen molar-refractivity contribution in [1.29, 1.82) is 0 Å². The molecule has 8 heteroatoms. The predicted molar refractivity (Wildman–Crippen MR) is 114 cm³/mol. The summed E-state index contributed by atoms with van der Waals surface area (Å²) < 4.78 is 21.5. The van der Waals surface area contributed by atoms with Gasteiger partial charge < -0.3 is 9.64 Å². The van der Waals surface area contributed by atoms with Gasteiger partial charge in [0.25, 0.3) is 0 Å². The van der Waals surface area contributed by atoms with Crippen LogP contribution in [0, 0.1) is 12.7 Å². The predicted octanol–water partition coefficient (Wildman–Crippen LogP) is 2.96. The second kappa shape index (κ2) is 8.49. The fourth-order valence-electron chi connectivity index (χ4n) is 3.65. The number of aromatic nitrogens is 4. The summed E-state index contributed by atoms with van der Waals surface area (Å²) in [7, 11) is 5.78. The number of morpholine rings is 1. The Balaban J connectivity index is 1.64. The molecule has 158 valence electrons. The molecule has 1 fully saturated rings. The van der Waals surface area contributed by atoms with E-state index in [0.717, 1.165) is 29.9 Å². The third kappa shape index (κ3) is 4.20. The monoisotopic (exact) mass is 410 g/mol. The first kappa shape index (κ1) is 20.4. The number of benzene rings is 1. The van der Waals surface area contributed by atoms with Crippen molar-refractivity contribution >= 4 is 5.95 Å². The summed E-state index contributed by atoms with van der Waals surface area (Å²) in [6, 6.07) is 6.43. The van der Waals surface area contributed by atoms with Crippen LogP contribution < -0.4 is 4.90 Å². The first-order chi connectivity index (χ1) is 14.4. The van der Waals surface area contributed by atoms with Crippen LogP contribution in [-0.2, 0) is 18.3 Å². The van der Waals surface area contributed by atoms with Gasteiger partial charge in [0.2, 0.25) is 5.95 Å². The Kier molecular flexibility index (Phi) is 5.78. The van der Waals surface area contributed by atoms with Gasteiger partial charge in [0, 0.05) is 63.8 Å². The van der Waals surface area contributed by atoms with Gasteiger partial charge in [-0.1, -0.05) is 12.1 Å². The molecule has 0 spiro atoms. The molecular formula is C22H27FN6O. The molecule has 2 aromatic heterocycles. The van der Waals surface area contributed by atoms with E-state index in [1.165, 1.54) is 23.4 Å². The third-order valence-electron chi connectivity index (χ3n) is 5.55. The van der Waals surface area contributed by atoms with Crippen LogP contribution in [0.3, 0.4) is 0 Å². The zero-order valence-corrected chi connectivity index (χ0v) is 17.8. The lowest BCUT2D eigenvalue weighted by Gasteiger charge is -2.33. The van der Waals surface area contributed by atoms with Gasteiger partial charge in [0.05, 0.1) is 18.5 Å². The summed E-state index contributed by atoms with van der Waals surface area (Å²) in [5, 5.41) is 4.35. The van der Waals surface area contributed by atoms with Crippen LogP contribution in [0.15, 0.2) is 36.7 Å². The highest BCUT2D eigenvalue weighted by atomic mass is 19.1. The molecule has 1 atom stereocenters. The fourth-order valence-corrected chi connectivity index (χ4v) is 3.65. The molecule has 7 nitrogen and oxygen atoms in total. The average molecular weight is 410 g/mol. The molecule has 1 aromatic carbocycles. The van der Waals surface area contributed by atoms with E-state index in [4.69, 9.17) is 9.72 Å². The van der Waals surface area contributed by atoms with Gasteiger partial charge in [-0.25, -0.2) is 14.4 Å². The van der Waals surface area contributed by atoms with Crippen molar-refractivity contribution < 1.29 is 9.13 Å². The van der Waals surface area contributed by atoms with Gasteiger partial charge in [-0.2, -0.15) is 5.10 Å². The van der Waals surface area contributed by atoms with Crippen molar-refractivity contribution in [2.75, 3.05) is 38.7 Å². The molecule has 1 aliphatic rings. The highest BCUT2D eigenvalue weighted by Crippen LogP contribution is 2.32. The van der Waals surface area contributed by atoms with Crippen molar-refractivity contribution in [3.63, 3.8) is 0 Å². The summed E-state index contributed by atoms with van der Waals surface area (Å²) in [5.41, 5.74) is 4.95. The van der Waals surface area contributed by atoms with E-state index in [-0.39, 0.29) is 11.9 Å². The first-order valence-electron chi connectivity index (χ1n) is 10.0. The third-order valence-corrected chi connectivity index (χ3v) is 5.55. The minimum Gasteiger partial charge on any atom is -0.369 e. The molecular weight excluding hydrogens is 383 g/mol. The van der Waals surface area contributed by atoms with Crippen LogP contribution in [0.25, 0.3) is 11.1 Å². The molecule has 1 saturated heterocycles. The van der Waals surface area contributed by atoms with Crippen molar-refractivity contribution in [2.24, 2.45) is 7.05 Å². The van der Waals surface area contributed by atoms with E-state index in [1.54, 1.807) is 18.3 Å². The zero-order chi connectivity index (χ0) is 21.3. The summed E-state index contributed by atoms with van der Waals surface area (Å²) in [4.78, 5) is 13.5. The summed E-state index contributed by atoms with van der Waals surface area (Å²) in [6.07, 6.45) is 3.54. The van der Waals surface area contributed by atoms with E-state index in [9.17, 15) is 4.39 Å². The minimum atomic E-state index is -0.266. The second-order valence-electron chi connectivity index (χ2n) is 7.84. The van der Waals surface area contributed by atoms with Gasteiger partial charge in [-0.05, 0) is 24.6 Å². The first-order valence-corrected chi connectivity index (χ1v) is 10.0. The Bertz CT molecular complexity index is 1020. The smallest absolute Gasteiger partial charge is 0.225 e. The maximum Gasteiger partial charge on any atom is 0.225 e. The Labute approximate surface area is 176 Å². The van der Waals surface area contributed by atoms with Crippen LogP contribution in [0.1, 0.15) is 23.1 Å². The van der Waals surface area contributed by atoms with Crippen molar-refractivity contribution in [3.8, 4) is 11.1 Å². The number of halogens is 1. The van der Waals surface area contributed by atoms with Crippen LogP contribution in [0.5, 0.6) is 0 Å². The van der Waals surface area contributed by atoms with E-state index in [0.29, 0.717) is 19.1 Å². The number of anilines is 1. The Morgan fingerprint density at radius 3 is 2.63 bits per heavy atom. The average Bonchev–Trinajstić information content (AvgIpc) is 3.06. The molecule has 0 saturated carbocycles. The van der Waals surface area contributed by atoms with E-state index in [2.05, 4.69) is 21.9 Å². The molecule has 1 unspecified atom stereocenters. The summed E-state index contributed by atoms with van der Waals surface area (Å²) >= 11 is 0. The maximum absolute atomic E-state index is 13.4. The van der Waals surface area contributed by atoms with Crippen LogP contribution in [0.4, 0.5) is 10.3 Å². The molecule has 0 bridgehead atoms. The van der Waals surface area contributed by atoms with Crippen LogP contribution in [-0.4, -0.2) is 58.4 Å². The summed E-state index contributed by atoms with van der Waals surface area (Å²) in [6.45, 7) is 5.08. The van der Waals surface area contributed by atoms with Gasteiger partial charge in [-0.15, -0.1) is 0 Å². The number of hydrogen-bond acceptors (Lipinski definition) is 6. The lowest BCUT2D eigenvalue weighted by atomic mass is 10.0. The minimum absolute atomic E-state index is 0.197. The van der Waals surface area contributed by atoms with E-state index < -0.39 is 0 Å². The molecule has 4 rings (SSSR count). The van der Waals surface area contributed by atoms with Crippen LogP contribution >= 0.6 is 0 Å². The lowest BCUT2D eigenvalue weighted by Crippen LogP contribution is -2.38. The van der Waals surface area contributed by atoms with Gasteiger partial charge in [0.15, 0.2) is 0 Å². The number of aryl methyl sites for hydroxylation is 1. The van der Waals surface area contributed by atoms with E-state index >= 15 is 0 Å². The highest BCUT2D eigenvalue weighted by molar-refractivity contribution is 5.66. The molecule has 0 amide bonds. The lowest BCUT2D eigenvalue weighted by molar-refractivity contribution is -0.0347. The molecule has 3 aromatic rings. The van der Waals surface area contributed by atoms with Crippen molar-refractivity contribution in [2.45, 2.75) is 19.6 Å². The highest BCUT2D eigenvalue weighted by Gasteiger charge is 2.27. The van der Waals surface area contributed by atoms with Gasteiger partial charge in [0.1, 0.15) is 11.9 Å². The van der Waals surface area contributed by atoms with Crippen LogP contribution in [0.2, 0.25) is 0 Å². The Morgan fingerprint density at radius 1 is 1.20 bits per heavy atom. The number of ether oxygens (including phenoxy) is 1. The number of rotatable bonds is 5. The molecule has 1 aliphatic heterocycles. The number of hydrogen-bond donors (Lipinski definition) is 0. The molecule has 0 radical (unpaired) electrons. The molecule has 0 N–H and O–H groups in total.